The molecule has 0 radical (unpaired) electrons. The zero-order valence-electron chi connectivity index (χ0n) is 20.6. The average molecular weight is 477 g/mol. The van der Waals surface area contributed by atoms with Crippen LogP contribution in [-0.4, -0.2) is 64.5 Å². The third-order valence-electron chi connectivity index (χ3n) is 5.62. The van der Waals surface area contributed by atoms with Crippen molar-refractivity contribution in [2.75, 3.05) is 32.1 Å². The van der Waals surface area contributed by atoms with Gasteiger partial charge in [0, 0.05) is 31.6 Å². The highest BCUT2D eigenvalue weighted by molar-refractivity contribution is 5.92. The largest absolute Gasteiger partial charge is 0.507 e. The molecule has 0 bridgehead atoms. The fourth-order valence-electron chi connectivity index (χ4n) is 3.99. The maximum Gasteiger partial charge on any atom is 0.410 e. The number of nitrogens with zero attached hydrogens (tertiary/aromatic N) is 3. The number of likely N-dealkylation sites (tertiary alicyclic amines) is 1. The first-order valence-corrected chi connectivity index (χ1v) is 11.7. The van der Waals surface area contributed by atoms with Crippen LogP contribution in [0.25, 0.3) is 28.4 Å². The molecular formula is C27H32N4O4. The number of methoxy groups -OCH3 is 1. The molecule has 4 rings (SSSR count). The number of benzene rings is 2. The van der Waals surface area contributed by atoms with Crippen LogP contribution in [0.2, 0.25) is 0 Å². The van der Waals surface area contributed by atoms with E-state index in [1.54, 1.807) is 30.2 Å². The van der Waals surface area contributed by atoms with Crippen molar-refractivity contribution in [3.63, 3.8) is 0 Å². The number of ether oxygens (including phenoxy) is 2. The van der Waals surface area contributed by atoms with Crippen LogP contribution in [0.3, 0.4) is 0 Å². The molecule has 184 valence electrons. The number of phenols is 1. The number of anilines is 1. The Hall–Kier alpha value is -3.65. The van der Waals surface area contributed by atoms with Gasteiger partial charge in [-0.2, -0.15) is 0 Å². The average Bonchev–Trinajstić information content (AvgIpc) is 3.27. The monoisotopic (exact) mass is 476 g/mol. The van der Waals surface area contributed by atoms with Gasteiger partial charge in [0.15, 0.2) is 5.82 Å². The molecule has 35 heavy (non-hydrogen) atoms. The number of carbonyl (C=O) groups excluding carboxylic acids is 1. The fourth-order valence-corrected chi connectivity index (χ4v) is 3.99. The number of hydrogen-bond acceptors (Lipinski definition) is 7. The van der Waals surface area contributed by atoms with E-state index in [9.17, 15) is 9.90 Å². The Kier molecular flexibility index (Phi) is 7.21. The number of fused-ring (bicyclic) bond motifs is 1. The van der Waals surface area contributed by atoms with Crippen molar-refractivity contribution in [2.45, 2.75) is 38.8 Å². The van der Waals surface area contributed by atoms with Crippen LogP contribution in [0.4, 0.5) is 10.6 Å². The zero-order chi connectivity index (χ0) is 25.0. The Bertz CT molecular complexity index is 1240. The van der Waals surface area contributed by atoms with E-state index in [2.05, 4.69) is 5.32 Å². The number of phenolic OH excluding ortho intramolecular Hbond substituents is 1. The number of aromatic nitrogens is 2. The number of aromatic hydroxyl groups is 1. The first kappa shape index (κ1) is 24.5. The summed E-state index contributed by atoms with van der Waals surface area (Å²) < 4.78 is 10.6. The van der Waals surface area contributed by atoms with Crippen LogP contribution < -0.4 is 5.32 Å². The molecule has 1 fully saturated rings. The minimum absolute atomic E-state index is 0.0131. The van der Waals surface area contributed by atoms with Crippen LogP contribution in [-0.2, 0) is 9.47 Å². The molecule has 0 saturated carbocycles. The molecule has 8 nitrogen and oxygen atoms in total. The summed E-state index contributed by atoms with van der Waals surface area (Å²) in [6.45, 7) is 7.24. The van der Waals surface area contributed by atoms with Crippen molar-refractivity contribution >= 4 is 28.9 Å². The number of nitrogens with one attached hydrogen (secondary N) is 1. The van der Waals surface area contributed by atoms with Gasteiger partial charge in [0.2, 0.25) is 0 Å². The smallest absolute Gasteiger partial charge is 0.410 e. The van der Waals surface area contributed by atoms with Gasteiger partial charge in [-0.25, -0.2) is 14.8 Å². The molecule has 1 aliphatic rings. The Labute approximate surface area is 205 Å². The van der Waals surface area contributed by atoms with Crippen LogP contribution in [0, 0.1) is 0 Å². The molecule has 8 heteroatoms. The summed E-state index contributed by atoms with van der Waals surface area (Å²) in [5, 5.41) is 14.8. The second-order valence-electron chi connectivity index (χ2n) is 9.60. The predicted molar refractivity (Wildman–Crippen MR) is 137 cm³/mol. The van der Waals surface area contributed by atoms with E-state index in [0.717, 1.165) is 22.9 Å². The maximum absolute atomic E-state index is 12.5. The topological polar surface area (TPSA) is 96.8 Å². The molecular weight excluding hydrogens is 444 g/mol. The molecule has 1 amide bonds. The van der Waals surface area contributed by atoms with Crippen molar-refractivity contribution < 1.29 is 19.4 Å². The molecule has 1 aromatic heterocycles. The van der Waals surface area contributed by atoms with Crippen molar-refractivity contribution in [3.05, 3.63) is 54.1 Å². The van der Waals surface area contributed by atoms with E-state index < -0.39 is 5.60 Å². The summed E-state index contributed by atoms with van der Waals surface area (Å²) in [6, 6.07) is 13.0. The molecule has 0 aliphatic carbocycles. The Balaban J connectivity index is 1.65. The second-order valence-corrected chi connectivity index (χ2v) is 9.60. The van der Waals surface area contributed by atoms with Gasteiger partial charge in [-0.3, -0.25) is 0 Å². The highest BCUT2D eigenvalue weighted by Gasteiger charge is 2.30. The molecule has 2 aromatic carbocycles. The Morgan fingerprint density at radius 3 is 2.77 bits per heavy atom. The van der Waals surface area contributed by atoms with Gasteiger partial charge in [0.25, 0.3) is 0 Å². The lowest BCUT2D eigenvalue weighted by Crippen LogP contribution is -2.36. The van der Waals surface area contributed by atoms with E-state index in [0.29, 0.717) is 36.9 Å². The predicted octanol–water partition coefficient (Wildman–Crippen LogP) is 5.08. The normalized spacial score (nSPS) is 16.2. The quantitative estimate of drug-likeness (QED) is 0.512. The summed E-state index contributed by atoms with van der Waals surface area (Å²) in [4.78, 5) is 23.7. The van der Waals surface area contributed by atoms with Gasteiger partial charge in [-0.1, -0.05) is 30.4 Å². The summed E-state index contributed by atoms with van der Waals surface area (Å²) in [7, 11) is 1.65. The third kappa shape index (κ3) is 6.08. The van der Waals surface area contributed by atoms with Gasteiger partial charge in [0.1, 0.15) is 17.2 Å². The number of rotatable bonds is 6. The van der Waals surface area contributed by atoms with E-state index >= 15 is 0 Å². The van der Waals surface area contributed by atoms with Crippen LogP contribution in [0.1, 0.15) is 32.8 Å². The highest BCUT2D eigenvalue weighted by atomic mass is 16.6. The summed E-state index contributed by atoms with van der Waals surface area (Å²) in [5.41, 5.74) is 1.76. The molecule has 0 spiro atoms. The molecule has 1 atom stereocenters. The minimum atomic E-state index is -0.534. The van der Waals surface area contributed by atoms with Crippen LogP contribution in [0.5, 0.6) is 5.75 Å². The third-order valence-corrected chi connectivity index (χ3v) is 5.62. The van der Waals surface area contributed by atoms with Gasteiger partial charge < -0.3 is 24.8 Å². The molecule has 1 aliphatic heterocycles. The summed E-state index contributed by atoms with van der Waals surface area (Å²) in [5.74, 6) is 1.21. The summed E-state index contributed by atoms with van der Waals surface area (Å²) >= 11 is 0. The Morgan fingerprint density at radius 1 is 1.23 bits per heavy atom. The lowest BCUT2D eigenvalue weighted by Gasteiger charge is -2.24. The van der Waals surface area contributed by atoms with Crippen LogP contribution >= 0.6 is 0 Å². The molecule has 2 heterocycles. The molecule has 3 aromatic rings. The van der Waals surface area contributed by atoms with Gasteiger partial charge in [-0.15, -0.1) is 0 Å². The molecule has 1 unspecified atom stereocenters. The first-order valence-electron chi connectivity index (χ1n) is 11.7. The standard InChI is InChI=1S/C27H32N4O4/c1-27(2,3)35-26(33)31-14-13-19(17-31)28-24-20-12-11-18(8-7-15-34-4)16-22(20)29-25(30-24)21-9-5-6-10-23(21)32/h5-12,16,19,32H,13-15,17H2,1-4H3,(H,28,29,30). The SMILES string of the molecule is COCC=Cc1ccc2c(NC3CCN(C(=O)OC(C)(C)C)C3)nc(-c3ccccc3O)nc2c1. The summed E-state index contributed by atoms with van der Waals surface area (Å²) in [6.07, 6.45) is 4.38. The lowest BCUT2D eigenvalue weighted by molar-refractivity contribution is 0.0293. The maximum atomic E-state index is 12.5. The number of hydrogen-bond donors (Lipinski definition) is 2. The van der Waals surface area contributed by atoms with E-state index in [-0.39, 0.29) is 17.9 Å². The van der Waals surface area contributed by atoms with Gasteiger partial charge >= 0.3 is 6.09 Å². The number of carbonyl (C=O) groups is 1. The van der Waals surface area contributed by atoms with Gasteiger partial charge in [0.05, 0.1) is 17.7 Å². The van der Waals surface area contributed by atoms with E-state index in [1.807, 2.05) is 57.2 Å². The number of amides is 1. The van der Waals surface area contributed by atoms with Crippen molar-refractivity contribution in [1.29, 1.82) is 0 Å². The zero-order valence-corrected chi connectivity index (χ0v) is 20.6. The Morgan fingerprint density at radius 2 is 2.03 bits per heavy atom. The fraction of sp³-hybridized carbons (Fsp3) is 0.370. The van der Waals surface area contributed by atoms with E-state index in [1.165, 1.54) is 0 Å². The first-order chi connectivity index (χ1) is 16.7. The lowest BCUT2D eigenvalue weighted by atomic mass is 10.1. The van der Waals surface area contributed by atoms with Crippen molar-refractivity contribution in [2.24, 2.45) is 0 Å². The van der Waals surface area contributed by atoms with Gasteiger partial charge in [-0.05, 0) is 57.0 Å². The number of para-hydroxylation sites is 1. The van der Waals surface area contributed by atoms with Crippen molar-refractivity contribution in [1.82, 2.24) is 14.9 Å². The molecule has 1 saturated heterocycles. The van der Waals surface area contributed by atoms with Crippen molar-refractivity contribution in [3.8, 4) is 17.1 Å². The van der Waals surface area contributed by atoms with E-state index in [4.69, 9.17) is 19.4 Å². The second kappa shape index (κ2) is 10.3. The minimum Gasteiger partial charge on any atom is -0.507 e. The molecule has 2 N–H and O–H groups in total. The van der Waals surface area contributed by atoms with Crippen LogP contribution in [0.15, 0.2) is 48.5 Å². The highest BCUT2D eigenvalue weighted by Crippen LogP contribution is 2.31.